The van der Waals surface area contributed by atoms with Crippen molar-refractivity contribution in [1.29, 1.82) is 0 Å². The third-order valence-corrected chi connectivity index (χ3v) is 4.30. The Labute approximate surface area is 138 Å². The largest absolute Gasteiger partial charge is 0.346 e. The molecule has 1 aromatic carbocycles. The lowest BCUT2D eigenvalue weighted by molar-refractivity contribution is -0.125. The summed E-state index contributed by atoms with van der Waals surface area (Å²) in [5, 5.41) is 5.59. The SMILES string of the molecule is Cc1cccc(C)c1NC(=O)CNC(=O)CN1CCC[C@@H](C)C1. The Hall–Kier alpha value is -1.88. The second-order valence-electron chi connectivity index (χ2n) is 6.57. The maximum atomic E-state index is 12.0. The quantitative estimate of drug-likeness (QED) is 0.874. The number of carbonyl (C=O) groups is 2. The molecule has 1 atom stereocenters. The van der Waals surface area contributed by atoms with Crippen molar-refractivity contribution in [2.45, 2.75) is 33.6 Å². The van der Waals surface area contributed by atoms with Crippen LogP contribution < -0.4 is 10.6 Å². The number of hydrogen-bond acceptors (Lipinski definition) is 3. The van der Waals surface area contributed by atoms with Crippen molar-refractivity contribution < 1.29 is 9.59 Å². The maximum absolute atomic E-state index is 12.0. The number of hydrogen-bond donors (Lipinski definition) is 2. The lowest BCUT2D eigenvalue weighted by Crippen LogP contribution is -2.43. The van der Waals surface area contributed by atoms with Gasteiger partial charge in [0.2, 0.25) is 11.8 Å². The molecular weight excluding hydrogens is 290 g/mol. The highest BCUT2D eigenvalue weighted by molar-refractivity contribution is 5.95. The molecule has 1 heterocycles. The first-order chi connectivity index (χ1) is 11.0. The molecule has 0 bridgehead atoms. The summed E-state index contributed by atoms with van der Waals surface area (Å²) < 4.78 is 0. The fourth-order valence-corrected chi connectivity index (χ4v) is 3.06. The van der Waals surface area contributed by atoms with E-state index in [9.17, 15) is 9.59 Å². The van der Waals surface area contributed by atoms with E-state index >= 15 is 0 Å². The fourth-order valence-electron chi connectivity index (χ4n) is 3.06. The Morgan fingerprint density at radius 1 is 1.22 bits per heavy atom. The number of likely N-dealkylation sites (tertiary alicyclic amines) is 1. The molecule has 0 spiro atoms. The Kier molecular flexibility index (Phi) is 6.16. The normalized spacial score (nSPS) is 18.5. The number of anilines is 1. The average Bonchev–Trinajstić information content (AvgIpc) is 2.49. The molecule has 2 rings (SSSR count). The highest BCUT2D eigenvalue weighted by Crippen LogP contribution is 2.19. The molecule has 1 aromatic rings. The molecule has 0 aliphatic carbocycles. The Morgan fingerprint density at radius 3 is 2.57 bits per heavy atom. The van der Waals surface area contributed by atoms with Crippen molar-refractivity contribution >= 4 is 17.5 Å². The van der Waals surface area contributed by atoms with Gasteiger partial charge >= 0.3 is 0 Å². The highest BCUT2D eigenvalue weighted by Gasteiger charge is 2.18. The summed E-state index contributed by atoms with van der Waals surface area (Å²) in [6, 6.07) is 5.87. The fraction of sp³-hybridized carbons (Fsp3) is 0.556. The van der Waals surface area contributed by atoms with Crippen molar-refractivity contribution in [2.75, 3.05) is 31.5 Å². The second kappa shape index (κ2) is 8.11. The monoisotopic (exact) mass is 317 g/mol. The van der Waals surface area contributed by atoms with Crippen molar-refractivity contribution in [2.24, 2.45) is 5.92 Å². The molecular formula is C18H27N3O2. The van der Waals surface area contributed by atoms with Crippen LogP contribution in [0.3, 0.4) is 0 Å². The minimum atomic E-state index is -0.192. The molecule has 0 saturated carbocycles. The summed E-state index contributed by atoms with van der Waals surface area (Å²) in [6.07, 6.45) is 2.37. The number of piperidine rings is 1. The minimum absolute atomic E-state index is 0.00992. The number of amides is 2. The Bertz CT molecular complexity index is 551. The smallest absolute Gasteiger partial charge is 0.243 e. The van der Waals surface area contributed by atoms with Crippen LogP contribution >= 0.6 is 0 Å². The lowest BCUT2D eigenvalue weighted by atomic mass is 10.0. The van der Waals surface area contributed by atoms with E-state index in [1.807, 2.05) is 32.0 Å². The maximum Gasteiger partial charge on any atom is 0.243 e. The van der Waals surface area contributed by atoms with Crippen molar-refractivity contribution in [3.05, 3.63) is 29.3 Å². The number of benzene rings is 1. The highest BCUT2D eigenvalue weighted by atomic mass is 16.2. The van der Waals surface area contributed by atoms with E-state index in [-0.39, 0.29) is 18.4 Å². The molecule has 0 aromatic heterocycles. The van der Waals surface area contributed by atoms with Crippen LogP contribution in [0, 0.1) is 19.8 Å². The number of aryl methyl sites for hydroxylation is 2. The van der Waals surface area contributed by atoms with Crippen LogP contribution in [-0.4, -0.2) is 42.9 Å². The second-order valence-corrected chi connectivity index (χ2v) is 6.57. The van der Waals surface area contributed by atoms with E-state index in [1.54, 1.807) is 0 Å². The molecule has 23 heavy (non-hydrogen) atoms. The van der Waals surface area contributed by atoms with Gasteiger partial charge in [-0.25, -0.2) is 0 Å². The van der Waals surface area contributed by atoms with E-state index in [0.29, 0.717) is 12.5 Å². The van der Waals surface area contributed by atoms with Crippen LogP contribution in [0.2, 0.25) is 0 Å². The summed E-state index contributed by atoms with van der Waals surface area (Å²) in [5.74, 6) is 0.363. The average molecular weight is 317 g/mol. The van der Waals surface area contributed by atoms with Gasteiger partial charge in [-0.3, -0.25) is 14.5 Å². The van der Waals surface area contributed by atoms with Gasteiger partial charge in [-0.15, -0.1) is 0 Å². The summed E-state index contributed by atoms with van der Waals surface area (Å²) in [6.45, 7) is 8.44. The van der Waals surface area contributed by atoms with Crippen LogP contribution in [-0.2, 0) is 9.59 Å². The zero-order chi connectivity index (χ0) is 16.8. The van der Waals surface area contributed by atoms with Crippen LogP contribution in [0.4, 0.5) is 5.69 Å². The minimum Gasteiger partial charge on any atom is -0.346 e. The van der Waals surface area contributed by atoms with E-state index in [4.69, 9.17) is 0 Å². The zero-order valence-electron chi connectivity index (χ0n) is 14.3. The number of nitrogens with one attached hydrogen (secondary N) is 2. The molecule has 126 valence electrons. The molecule has 1 aliphatic heterocycles. The zero-order valence-corrected chi connectivity index (χ0v) is 14.3. The van der Waals surface area contributed by atoms with Gasteiger partial charge in [0.25, 0.3) is 0 Å². The summed E-state index contributed by atoms with van der Waals surface area (Å²) >= 11 is 0. The van der Waals surface area contributed by atoms with Crippen molar-refractivity contribution in [3.8, 4) is 0 Å². The van der Waals surface area contributed by atoms with E-state index < -0.39 is 0 Å². The number of rotatable bonds is 5. The van der Waals surface area contributed by atoms with E-state index in [2.05, 4.69) is 22.5 Å². The summed E-state index contributed by atoms with van der Waals surface area (Å²) in [7, 11) is 0. The van der Waals surface area contributed by atoms with Gasteiger partial charge < -0.3 is 10.6 Å². The molecule has 0 unspecified atom stereocenters. The molecule has 2 N–H and O–H groups in total. The first-order valence-corrected chi connectivity index (χ1v) is 8.31. The number of carbonyl (C=O) groups excluding carboxylic acids is 2. The van der Waals surface area contributed by atoms with Gasteiger partial charge in [0.15, 0.2) is 0 Å². The Balaban J connectivity index is 1.76. The van der Waals surface area contributed by atoms with Crippen molar-refractivity contribution in [3.63, 3.8) is 0 Å². The molecule has 5 heteroatoms. The number of para-hydroxylation sites is 1. The molecule has 5 nitrogen and oxygen atoms in total. The molecule has 2 amide bonds. The standard InChI is InChI=1S/C18H27N3O2/c1-13-6-5-9-21(11-13)12-17(23)19-10-16(22)20-18-14(2)7-4-8-15(18)3/h4,7-8,13H,5-6,9-12H2,1-3H3,(H,19,23)(H,20,22)/t13-/m1/s1. The topological polar surface area (TPSA) is 61.4 Å². The van der Waals surface area contributed by atoms with Gasteiger partial charge in [0.1, 0.15) is 0 Å². The molecule has 1 fully saturated rings. The van der Waals surface area contributed by atoms with Crippen molar-refractivity contribution in [1.82, 2.24) is 10.2 Å². The van der Waals surface area contributed by atoms with Crippen LogP contribution in [0.1, 0.15) is 30.9 Å². The first-order valence-electron chi connectivity index (χ1n) is 8.31. The molecule has 0 radical (unpaired) electrons. The predicted octanol–water partition coefficient (Wildman–Crippen LogP) is 2.09. The van der Waals surface area contributed by atoms with Crippen LogP contribution in [0.15, 0.2) is 18.2 Å². The molecule has 1 saturated heterocycles. The predicted molar refractivity (Wildman–Crippen MR) is 92.4 cm³/mol. The molecule has 1 aliphatic rings. The number of nitrogens with zero attached hydrogens (tertiary/aromatic N) is 1. The van der Waals surface area contributed by atoms with Gasteiger partial charge in [-0.2, -0.15) is 0 Å². The summed E-state index contributed by atoms with van der Waals surface area (Å²) in [4.78, 5) is 26.2. The first kappa shape index (κ1) is 17.5. The summed E-state index contributed by atoms with van der Waals surface area (Å²) in [5.41, 5.74) is 2.87. The van der Waals surface area contributed by atoms with Crippen LogP contribution in [0.5, 0.6) is 0 Å². The van der Waals surface area contributed by atoms with Gasteiger partial charge in [0, 0.05) is 12.2 Å². The van der Waals surface area contributed by atoms with Gasteiger partial charge in [-0.1, -0.05) is 25.1 Å². The Morgan fingerprint density at radius 2 is 1.91 bits per heavy atom. The van der Waals surface area contributed by atoms with Gasteiger partial charge in [0.05, 0.1) is 13.1 Å². The lowest BCUT2D eigenvalue weighted by Gasteiger charge is -2.30. The third-order valence-electron chi connectivity index (χ3n) is 4.30. The van der Waals surface area contributed by atoms with Crippen LogP contribution in [0.25, 0.3) is 0 Å². The third kappa shape index (κ3) is 5.36. The van der Waals surface area contributed by atoms with E-state index in [1.165, 1.54) is 6.42 Å². The van der Waals surface area contributed by atoms with Gasteiger partial charge in [-0.05, 0) is 50.3 Å². The van der Waals surface area contributed by atoms with E-state index in [0.717, 1.165) is 36.3 Å².